The number of benzene rings is 2. The topological polar surface area (TPSA) is 153 Å². The van der Waals surface area contributed by atoms with Gasteiger partial charge in [-0.05, 0) is 63.8 Å². The SMILES string of the molecule is CN1CC(=O)N2C[C@@H](NC(=O)OC(C)(C)C)C[C@H]2C(F)Oc2ccccc2C(=O)N(C)[C@H](C(=O)NCCc2c[nH]c3ccccc23)CCC1=O. The minimum atomic E-state index is -2.10. The fraction of sp³-hybridized carbons (Fsp3) is 0.472. The lowest BCUT2D eigenvalue weighted by Crippen LogP contribution is -2.49. The van der Waals surface area contributed by atoms with Crippen molar-refractivity contribution in [3.63, 3.8) is 0 Å². The van der Waals surface area contributed by atoms with Crippen LogP contribution in [-0.4, -0.2) is 113 Å². The number of fused-ring (bicyclic) bond motifs is 3. The molecular formula is C36H45FN6O7. The van der Waals surface area contributed by atoms with Gasteiger partial charge in [0.15, 0.2) is 0 Å². The largest absolute Gasteiger partial charge is 0.457 e. The highest BCUT2D eigenvalue weighted by Crippen LogP contribution is 2.29. The van der Waals surface area contributed by atoms with Gasteiger partial charge in [0, 0.05) is 50.7 Å². The number of rotatable bonds is 5. The number of halogens is 1. The number of nitrogens with one attached hydrogen (secondary N) is 3. The standard InChI is InChI=1S/C36H45FN6O7/c1-36(2,3)50-35(48)40-23-18-28-32(37)49-29-13-9-7-11-25(29)34(47)42(5)27(14-15-30(44)41(4)21-31(45)43(28)20-23)33(46)38-17-16-22-19-39-26-12-8-6-10-24(22)26/h6-13,19,23,27-28,32,39H,14-18,20-21H2,1-5H3,(H,38,46)(H,40,48)/t23-,27-,28-,32?/m0/s1. The molecule has 5 rings (SSSR count). The average molecular weight is 693 g/mol. The number of likely N-dealkylation sites (N-methyl/N-ethyl adjacent to an activating group) is 2. The van der Waals surface area contributed by atoms with Gasteiger partial charge in [-0.2, -0.15) is 4.39 Å². The second-order valence-corrected chi connectivity index (χ2v) is 13.8. The van der Waals surface area contributed by atoms with E-state index in [9.17, 15) is 24.0 Å². The zero-order valence-electron chi connectivity index (χ0n) is 29.0. The summed E-state index contributed by atoms with van der Waals surface area (Å²) in [6.45, 7) is 5.01. The van der Waals surface area contributed by atoms with E-state index in [0.717, 1.165) is 16.5 Å². The van der Waals surface area contributed by atoms with Crippen LogP contribution in [0.1, 0.15) is 56.0 Å². The molecule has 5 amide bonds. The third-order valence-corrected chi connectivity index (χ3v) is 8.93. The molecule has 13 nitrogen and oxygen atoms in total. The Morgan fingerprint density at radius 2 is 1.76 bits per heavy atom. The molecule has 0 radical (unpaired) electrons. The van der Waals surface area contributed by atoms with E-state index in [0.29, 0.717) is 6.42 Å². The summed E-state index contributed by atoms with van der Waals surface area (Å²) in [5.41, 5.74) is 1.24. The monoisotopic (exact) mass is 692 g/mol. The summed E-state index contributed by atoms with van der Waals surface area (Å²) in [6, 6.07) is 11.1. The Kier molecular flexibility index (Phi) is 11.0. The fourth-order valence-corrected chi connectivity index (χ4v) is 6.37. The number of alkyl carbamates (subject to hydrolysis) is 1. The number of ether oxygens (including phenoxy) is 2. The molecule has 3 N–H and O–H groups in total. The lowest BCUT2D eigenvalue weighted by molar-refractivity contribution is -0.142. The molecular weight excluding hydrogens is 647 g/mol. The van der Waals surface area contributed by atoms with E-state index < -0.39 is 59.8 Å². The van der Waals surface area contributed by atoms with Crippen molar-refractivity contribution in [2.24, 2.45) is 0 Å². The highest BCUT2D eigenvalue weighted by molar-refractivity contribution is 5.99. The molecule has 50 heavy (non-hydrogen) atoms. The Balaban J connectivity index is 1.36. The predicted molar refractivity (Wildman–Crippen MR) is 183 cm³/mol. The number of nitrogens with zero attached hydrogens (tertiary/aromatic N) is 3. The third-order valence-electron chi connectivity index (χ3n) is 8.93. The van der Waals surface area contributed by atoms with E-state index in [1.807, 2.05) is 30.5 Å². The summed E-state index contributed by atoms with van der Waals surface area (Å²) < 4.78 is 27.2. The maximum atomic E-state index is 16.1. The van der Waals surface area contributed by atoms with Crippen LogP contribution in [0.15, 0.2) is 54.7 Å². The van der Waals surface area contributed by atoms with E-state index in [-0.39, 0.29) is 50.2 Å². The summed E-state index contributed by atoms with van der Waals surface area (Å²) in [5.74, 6) is -2.12. The molecule has 1 unspecified atom stereocenters. The molecule has 1 saturated heterocycles. The molecule has 0 spiro atoms. The Morgan fingerprint density at radius 3 is 2.52 bits per heavy atom. The maximum Gasteiger partial charge on any atom is 0.407 e. The second kappa shape index (κ2) is 15.2. The van der Waals surface area contributed by atoms with Gasteiger partial charge in [0.05, 0.1) is 18.2 Å². The fourth-order valence-electron chi connectivity index (χ4n) is 6.37. The first-order chi connectivity index (χ1) is 23.7. The van der Waals surface area contributed by atoms with Crippen molar-refractivity contribution in [3.05, 3.63) is 65.9 Å². The van der Waals surface area contributed by atoms with E-state index in [1.165, 1.54) is 40.9 Å². The first-order valence-corrected chi connectivity index (χ1v) is 16.7. The lowest BCUT2D eigenvalue weighted by Gasteiger charge is -2.29. The van der Waals surface area contributed by atoms with Crippen molar-refractivity contribution >= 4 is 40.6 Å². The number of alkyl halides is 1. The normalized spacial score (nSPS) is 22.3. The minimum absolute atomic E-state index is 0.000617. The minimum Gasteiger partial charge on any atom is -0.457 e. The molecule has 0 aliphatic carbocycles. The summed E-state index contributed by atoms with van der Waals surface area (Å²) in [5, 5.41) is 6.65. The van der Waals surface area contributed by atoms with Crippen molar-refractivity contribution < 1.29 is 37.8 Å². The van der Waals surface area contributed by atoms with Crippen LogP contribution >= 0.6 is 0 Å². The van der Waals surface area contributed by atoms with Crippen LogP contribution in [0.3, 0.4) is 0 Å². The molecule has 2 aromatic carbocycles. The van der Waals surface area contributed by atoms with Crippen molar-refractivity contribution in [2.45, 2.75) is 76.5 Å². The number of carbonyl (C=O) groups is 5. The summed E-state index contributed by atoms with van der Waals surface area (Å²) in [7, 11) is 2.90. The van der Waals surface area contributed by atoms with Crippen molar-refractivity contribution in [1.82, 2.24) is 30.3 Å². The Labute approximate surface area is 290 Å². The number of H-pyrrole nitrogens is 1. The summed E-state index contributed by atoms with van der Waals surface area (Å²) in [6.07, 6.45) is -0.552. The Hall–Kier alpha value is -5.14. The molecule has 14 heteroatoms. The molecule has 1 aromatic heterocycles. The summed E-state index contributed by atoms with van der Waals surface area (Å²) >= 11 is 0. The number of hydrogen-bond acceptors (Lipinski definition) is 7. The quantitative estimate of drug-likeness (QED) is 0.371. The smallest absolute Gasteiger partial charge is 0.407 e. The zero-order valence-corrected chi connectivity index (χ0v) is 29.0. The van der Waals surface area contributed by atoms with Crippen LogP contribution in [0.25, 0.3) is 10.9 Å². The molecule has 2 aliphatic heterocycles. The van der Waals surface area contributed by atoms with Gasteiger partial charge in [0.2, 0.25) is 17.7 Å². The molecule has 268 valence electrons. The number of hydrogen-bond donors (Lipinski definition) is 3. The van der Waals surface area contributed by atoms with Crippen molar-refractivity contribution in [3.8, 4) is 5.75 Å². The number of amides is 5. The number of carbonyl (C=O) groups excluding carboxylic acids is 5. The second-order valence-electron chi connectivity index (χ2n) is 13.8. The van der Waals surface area contributed by atoms with Crippen LogP contribution in [0.5, 0.6) is 5.75 Å². The van der Waals surface area contributed by atoms with E-state index in [4.69, 9.17) is 9.47 Å². The number of aromatic nitrogens is 1. The van der Waals surface area contributed by atoms with Gasteiger partial charge in [-0.15, -0.1) is 0 Å². The zero-order chi connectivity index (χ0) is 36.2. The van der Waals surface area contributed by atoms with E-state index in [1.54, 1.807) is 32.9 Å². The molecule has 3 aromatic rings. The van der Waals surface area contributed by atoms with Gasteiger partial charge in [-0.3, -0.25) is 19.2 Å². The third kappa shape index (κ3) is 8.52. The van der Waals surface area contributed by atoms with Gasteiger partial charge in [0.1, 0.15) is 23.4 Å². The van der Waals surface area contributed by atoms with E-state index in [2.05, 4.69) is 15.6 Å². The van der Waals surface area contributed by atoms with Gasteiger partial charge >= 0.3 is 6.09 Å². The van der Waals surface area contributed by atoms with Gasteiger partial charge in [0.25, 0.3) is 12.3 Å². The molecule has 0 bridgehead atoms. The first kappa shape index (κ1) is 36.1. The first-order valence-electron chi connectivity index (χ1n) is 16.7. The van der Waals surface area contributed by atoms with Crippen LogP contribution in [0, 0.1) is 0 Å². The molecule has 0 saturated carbocycles. The molecule has 3 heterocycles. The Morgan fingerprint density at radius 1 is 1.04 bits per heavy atom. The van der Waals surface area contributed by atoms with E-state index >= 15 is 4.39 Å². The van der Waals surface area contributed by atoms with Crippen LogP contribution in [0.4, 0.5) is 9.18 Å². The van der Waals surface area contributed by atoms with Gasteiger partial charge in [-0.25, -0.2) is 4.79 Å². The molecule has 1 fully saturated rings. The van der Waals surface area contributed by atoms with Crippen LogP contribution < -0.4 is 15.4 Å². The highest BCUT2D eigenvalue weighted by Gasteiger charge is 2.43. The molecule has 4 atom stereocenters. The highest BCUT2D eigenvalue weighted by atomic mass is 19.1. The lowest BCUT2D eigenvalue weighted by atomic mass is 10.1. The van der Waals surface area contributed by atoms with Crippen molar-refractivity contribution in [2.75, 3.05) is 33.7 Å². The van der Waals surface area contributed by atoms with Gasteiger partial charge < -0.3 is 39.8 Å². The number of para-hydroxylation sites is 2. The van der Waals surface area contributed by atoms with Crippen molar-refractivity contribution in [1.29, 1.82) is 0 Å². The van der Waals surface area contributed by atoms with Crippen LogP contribution in [0.2, 0.25) is 0 Å². The Bertz CT molecular complexity index is 1740. The van der Waals surface area contributed by atoms with Crippen LogP contribution in [-0.2, 0) is 25.5 Å². The predicted octanol–water partition coefficient (Wildman–Crippen LogP) is 3.39. The summed E-state index contributed by atoms with van der Waals surface area (Å²) in [4.78, 5) is 73.8. The number of aromatic amines is 1. The maximum absolute atomic E-state index is 16.1. The molecule has 2 aliphatic rings. The average Bonchev–Trinajstić information content (AvgIpc) is 3.67. The van der Waals surface area contributed by atoms with Gasteiger partial charge in [-0.1, -0.05) is 30.3 Å².